The molecule has 0 saturated carbocycles. The lowest BCUT2D eigenvalue weighted by Crippen LogP contribution is -2.30. The predicted molar refractivity (Wildman–Crippen MR) is 51.0 cm³/mol. The summed E-state index contributed by atoms with van der Waals surface area (Å²) in [5.74, 6) is 0. The number of aliphatic hydroxyl groups is 1. The van der Waals surface area contributed by atoms with Crippen molar-refractivity contribution in [2.24, 2.45) is 0 Å². The normalized spacial score (nSPS) is 14.2. The monoisotopic (exact) mass is 230 g/mol. The van der Waals surface area contributed by atoms with E-state index in [1.165, 1.54) is 10.6 Å². The number of fused-ring (bicyclic) bond motifs is 1. The van der Waals surface area contributed by atoms with Crippen LogP contribution in [0.1, 0.15) is 5.69 Å². The minimum atomic E-state index is -4.60. The molecule has 1 unspecified atom stereocenters. The molecule has 2 heterocycles. The summed E-state index contributed by atoms with van der Waals surface area (Å²) in [6.07, 6.45) is -4.49. The summed E-state index contributed by atoms with van der Waals surface area (Å²) in [6, 6.07) is 5.12. The van der Waals surface area contributed by atoms with Gasteiger partial charge in [0.1, 0.15) is 5.65 Å². The number of aliphatic hydroxyl groups excluding tert-OH is 1. The molecule has 0 fully saturated rings. The summed E-state index contributed by atoms with van der Waals surface area (Å²) in [4.78, 5) is 3.94. The van der Waals surface area contributed by atoms with Crippen LogP contribution in [0.5, 0.6) is 0 Å². The van der Waals surface area contributed by atoms with E-state index in [1.54, 1.807) is 24.4 Å². The van der Waals surface area contributed by atoms with Crippen LogP contribution in [0.25, 0.3) is 5.65 Å². The summed E-state index contributed by atoms with van der Waals surface area (Å²) in [5, 5.41) is 8.95. The minimum absolute atomic E-state index is 0.334. The number of aromatic nitrogens is 2. The highest BCUT2D eigenvalue weighted by atomic mass is 19.4. The molecule has 0 aromatic carbocycles. The Kier molecular flexibility index (Phi) is 2.59. The van der Waals surface area contributed by atoms with Crippen molar-refractivity contribution in [2.75, 3.05) is 0 Å². The van der Waals surface area contributed by atoms with Crippen LogP contribution >= 0.6 is 0 Å². The van der Waals surface area contributed by atoms with Gasteiger partial charge < -0.3 is 9.51 Å². The van der Waals surface area contributed by atoms with Gasteiger partial charge in [0.15, 0.2) is 6.10 Å². The predicted octanol–water partition coefficient (Wildman–Crippen LogP) is 1.80. The van der Waals surface area contributed by atoms with E-state index in [2.05, 4.69) is 4.98 Å². The Morgan fingerprint density at radius 3 is 2.81 bits per heavy atom. The van der Waals surface area contributed by atoms with Crippen LogP contribution in [0.2, 0.25) is 0 Å². The molecule has 3 nitrogen and oxygen atoms in total. The molecule has 0 aliphatic heterocycles. The maximum absolute atomic E-state index is 12.2. The van der Waals surface area contributed by atoms with Crippen molar-refractivity contribution >= 4 is 5.65 Å². The van der Waals surface area contributed by atoms with Crippen molar-refractivity contribution in [2.45, 2.75) is 18.7 Å². The van der Waals surface area contributed by atoms with Gasteiger partial charge in [-0.2, -0.15) is 13.2 Å². The lowest BCUT2D eigenvalue weighted by atomic mass is 10.2. The molecule has 0 aliphatic carbocycles. The van der Waals surface area contributed by atoms with Crippen molar-refractivity contribution in [3.05, 3.63) is 36.3 Å². The van der Waals surface area contributed by atoms with Crippen molar-refractivity contribution in [3.8, 4) is 0 Å². The van der Waals surface area contributed by atoms with Crippen LogP contribution in [-0.4, -0.2) is 26.8 Å². The van der Waals surface area contributed by atoms with E-state index in [1.807, 2.05) is 0 Å². The zero-order valence-corrected chi connectivity index (χ0v) is 8.15. The standard InChI is InChI=1S/C10H9F3N2O/c11-10(12,13)8(16)5-7-6-14-9-3-1-2-4-15(7)9/h1-4,6,8,16H,5H2. The maximum Gasteiger partial charge on any atom is 0.414 e. The number of pyridine rings is 1. The lowest BCUT2D eigenvalue weighted by molar-refractivity contribution is -0.203. The third-order valence-electron chi connectivity index (χ3n) is 2.27. The topological polar surface area (TPSA) is 37.5 Å². The highest BCUT2D eigenvalue weighted by Gasteiger charge is 2.38. The molecular formula is C10H9F3N2O. The Hall–Kier alpha value is -1.56. The third kappa shape index (κ3) is 2.01. The minimum Gasteiger partial charge on any atom is -0.383 e. The quantitative estimate of drug-likeness (QED) is 0.854. The molecule has 0 spiro atoms. The third-order valence-corrected chi connectivity index (χ3v) is 2.27. The van der Waals surface area contributed by atoms with Crippen LogP contribution in [0.3, 0.4) is 0 Å². The van der Waals surface area contributed by atoms with Gasteiger partial charge in [-0.05, 0) is 12.1 Å². The second kappa shape index (κ2) is 3.79. The van der Waals surface area contributed by atoms with E-state index in [4.69, 9.17) is 5.11 Å². The van der Waals surface area contributed by atoms with Gasteiger partial charge in [-0.1, -0.05) is 6.07 Å². The molecular weight excluding hydrogens is 221 g/mol. The Morgan fingerprint density at radius 1 is 1.38 bits per heavy atom. The Labute approximate surface area is 89.2 Å². The number of nitrogens with zero attached hydrogens (tertiary/aromatic N) is 2. The Morgan fingerprint density at radius 2 is 2.12 bits per heavy atom. The average Bonchev–Trinajstić information content (AvgIpc) is 2.61. The first-order valence-corrected chi connectivity index (χ1v) is 4.64. The van der Waals surface area contributed by atoms with Crippen LogP contribution in [-0.2, 0) is 6.42 Å². The molecule has 1 N–H and O–H groups in total. The van der Waals surface area contributed by atoms with Crippen LogP contribution in [0.4, 0.5) is 13.2 Å². The molecule has 86 valence electrons. The molecule has 2 aromatic rings. The van der Waals surface area contributed by atoms with Crippen molar-refractivity contribution in [1.29, 1.82) is 0 Å². The van der Waals surface area contributed by atoms with Crippen LogP contribution in [0.15, 0.2) is 30.6 Å². The SMILES string of the molecule is OC(Cc1cnc2ccccn12)C(F)(F)F. The molecule has 0 radical (unpaired) electrons. The summed E-state index contributed by atoms with van der Waals surface area (Å²) in [6.45, 7) is 0. The number of rotatable bonds is 2. The summed E-state index contributed by atoms with van der Waals surface area (Å²) >= 11 is 0. The molecule has 1 atom stereocenters. The highest BCUT2D eigenvalue weighted by Crippen LogP contribution is 2.23. The average molecular weight is 230 g/mol. The van der Waals surface area contributed by atoms with Crippen molar-refractivity contribution in [1.82, 2.24) is 9.38 Å². The number of alkyl halides is 3. The number of hydrogen-bond donors (Lipinski definition) is 1. The highest BCUT2D eigenvalue weighted by molar-refractivity contribution is 5.39. The van der Waals surface area contributed by atoms with E-state index < -0.39 is 18.7 Å². The summed E-state index contributed by atoms with van der Waals surface area (Å²) in [7, 11) is 0. The molecule has 16 heavy (non-hydrogen) atoms. The first kappa shape index (κ1) is 10.9. The van der Waals surface area contributed by atoms with Crippen molar-refractivity contribution in [3.63, 3.8) is 0 Å². The molecule has 0 amide bonds. The van der Waals surface area contributed by atoms with Gasteiger partial charge in [0.05, 0.1) is 0 Å². The number of halogens is 3. The molecule has 0 aliphatic rings. The second-order valence-electron chi connectivity index (χ2n) is 3.44. The first-order chi connectivity index (χ1) is 7.48. The van der Waals surface area contributed by atoms with E-state index in [0.29, 0.717) is 11.3 Å². The van der Waals surface area contributed by atoms with Gasteiger partial charge in [0, 0.05) is 24.5 Å². The number of hydrogen-bond acceptors (Lipinski definition) is 2. The summed E-state index contributed by atoms with van der Waals surface area (Å²) in [5.41, 5.74) is 0.896. The fourth-order valence-electron chi connectivity index (χ4n) is 1.45. The smallest absolute Gasteiger partial charge is 0.383 e. The Bertz CT molecular complexity index is 492. The Balaban J connectivity index is 2.28. The number of imidazole rings is 1. The van der Waals surface area contributed by atoms with Gasteiger partial charge >= 0.3 is 6.18 Å². The van der Waals surface area contributed by atoms with E-state index in [-0.39, 0.29) is 0 Å². The van der Waals surface area contributed by atoms with Crippen molar-refractivity contribution < 1.29 is 18.3 Å². The van der Waals surface area contributed by atoms with Gasteiger partial charge in [-0.15, -0.1) is 0 Å². The van der Waals surface area contributed by atoms with Gasteiger partial charge in [0.25, 0.3) is 0 Å². The van der Waals surface area contributed by atoms with Gasteiger partial charge in [0.2, 0.25) is 0 Å². The molecule has 0 saturated heterocycles. The fourth-order valence-corrected chi connectivity index (χ4v) is 1.45. The maximum atomic E-state index is 12.2. The molecule has 2 aromatic heterocycles. The van der Waals surface area contributed by atoms with Gasteiger partial charge in [-0.25, -0.2) is 4.98 Å². The fraction of sp³-hybridized carbons (Fsp3) is 0.300. The lowest BCUT2D eigenvalue weighted by Gasteiger charge is -2.13. The first-order valence-electron chi connectivity index (χ1n) is 4.64. The van der Waals surface area contributed by atoms with Crippen LogP contribution in [0, 0.1) is 0 Å². The van der Waals surface area contributed by atoms with Gasteiger partial charge in [-0.3, -0.25) is 0 Å². The van der Waals surface area contributed by atoms with E-state index in [9.17, 15) is 13.2 Å². The van der Waals surface area contributed by atoms with Crippen LogP contribution < -0.4 is 0 Å². The van der Waals surface area contributed by atoms with E-state index >= 15 is 0 Å². The molecule has 2 rings (SSSR count). The summed E-state index contributed by atoms with van der Waals surface area (Å²) < 4.78 is 38.0. The largest absolute Gasteiger partial charge is 0.414 e. The zero-order chi connectivity index (χ0) is 11.8. The van der Waals surface area contributed by atoms with E-state index in [0.717, 1.165) is 0 Å². The zero-order valence-electron chi connectivity index (χ0n) is 8.15. The second-order valence-corrected chi connectivity index (χ2v) is 3.44. The molecule has 0 bridgehead atoms. The molecule has 6 heteroatoms.